The highest BCUT2D eigenvalue weighted by Gasteiger charge is 2.29. The summed E-state index contributed by atoms with van der Waals surface area (Å²) in [6, 6.07) is 10.1. The second-order valence-corrected chi connectivity index (χ2v) is 7.22. The number of rotatable bonds is 6. The summed E-state index contributed by atoms with van der Waals surface area (Å²) >= 11 is 0. The standard InChI is InChI=1S/C20H26N2O2/c1-20(2)9-12-22(15-20)13-17-5-4-6-18(23-3)19(17)24-14-16-7-10-21-11-8-16/h4-8,10-11H,9,12-15H2,1-3H3. The van der Waals surface area contributed by atoms with Crippen molar-refractivity contribution in [3.05, 3.63) is 53.9 Å². The number of ether oxygens (including phenoxy) is 2. The van der Waals surface area contributed by atoms with E-state index in [1.54, 1.807) is 19.5 Å². The Hall–Kier alpha value is -2.07. The first-order chi connectivity index (χ1) is 11.6. The maximum atomic E-state index is 6.13. The molecule has 0 unspecified atom stereocenters. The first-order valence-electron chi connectivity index (χ1n) is 8.47. The quantitative estimate of drug-likeness (QED) is 0.806. The molecule has 1 aliphatic rings. The summed E-state index contributed by atoms with van der Waals surface area (Å²) in [4.78, 5) is 6.54. The Kier molecular flexibility index (Phi) is 5.05. The second kappa shape index (κ2) is 7.22. The van der Waals surface area contributed by atoms with Crippen LogP contribution in [0.5, 0.6) is 11.5 Å². The van der Waals surface area contributed by atoms with E-state index in [-0.39, 0.29) is 0 Å². The highest BCUT2D eigenvalue weighted by molar-refractivity contribution is 5.46. The Morgan fingerprint density at radius 3 is 2.62 bits per heavy atom. The number of methoxy groups -OCH3 is 1. The number of benzene rings is 1. The van der Waals surface area contributed by atoms with Gasteiger partial charge in [0.15, 0.2) is 11.5 Å². The van der Waals surface area contributed by atoms with Crippen molar-refractivity contribution in [2.45, 2.75) is 33.4 Å². The molecule has 0 radical (unpaired) electrons. The second-order valence-electron chi connectivity index (χ2n) is 7.22. The lowest BCUT2D eigenvalue weighted by atomic mass is 9.93. The van der Waals surface area contributed by atoms with E-state index in [0.717, 1.165) is 36.7 Å². The van der Waals surface area contributed by atoms with Crippen LogP contribution in [0.2, 0.25) is 0 Å². The number of pyridine rings is 1. The van der Waals surface area contributed by atoms with Crippen molar-refractivity contribution in [2.75, 3.05) is 20.2 Å². The zero-order valence-corrected chi connectivity index (χ0v) is 14.8. The maximum Gasteiger partial charge on any atom is 0.166 e. The fourth-order valence-electron chi connectivity index (χ4n) is 3.24. The van der Waals surface area contributed by atoms with E-state index in [1.807, 2.05) is 24.3 Å². The molecule has 1 aromatic carbocycles. The van der Waals surface area contributed by atoms with Gasteiger partial charge in [-0.15, -0.1) is 0 Å². The molecule has 0 saturated carbocycles. The number of hydrogen-bond donors (Lipinski definition) is 0. The summed E-state index contributed by atoms with van der Waals surface area (Å²) in [6.07, 6.45) is 4.81. The molecule has 0 spiro atoms. The van der Waals surface area contributed by atoms with Crippen LogP contribution in [0.15, 0.2) is 42.7 Å². The number of hydrogen-bond acceptors (Lipinski definition) is 4. The molecule has 2 aromatic rings. The monoisotopic (exact) mass is 326 g/mol. The van der Waals surface area contributed by atoms with Gasteiger partial charge in [0.05, 0.1) is 7.11 Å². The van der Waals surface area contributed by atoms with Crippen LogP contribution in [0.25, 0.3) is 0 Å². The summed E-state index contributed by atoms with van der Waals surface area (Å²) in [5.41, 5.74) is 2.68. The van der Waals surface area contributed by atoms with Gasteiger partial charge in [-0.25, -0.2) is 0 Å². The Labute approximate surface area is 144 Å². The predicted octanol–water partition coefficient (Wildman–Crippen LogP) is 3.90. The van der Waals surface area contributed by atoms with Gasteiger partial charge >= 0.3 is 0 Å². The number of aromatic nitrogens is 1. The molecule has 24 heavy (non-hydrogen) atoms. The molecular weight excluding hydrogens is 300 g/mol. The number of nitrogens with zero attached hydrogens (tertiary/aromatic N) is 2. The van der Waals surface area contributed by atoms with Crippen LogP contribution in [-0.4, -0.2) is 30.1 Å². The first-order valence-corrected chi connectivity index (χ1v) is 8.47. The van der Waals surface area contributed by atoms with Gasteiger partial charge in [0.25, 0.3) is 0 Å². The van der Waals surface area contributed by atoms with Crippen LogP contribution < -0.4 is 9.47 Å². The minimum absolute atomic E-state index is 0.400. The van der Waals surface area contributed by atoms with Crippen LogP contribution in [0.1, 0.15) is 31.4 Å². The summed E-state index contributed by atoms with van der Waals surface area (Å²) in [6.45, 7) is 8.33. The number of para-hydroxylation sites is 1. The third-order valence-electron chi connectivity index (χ3n) is 4.56. The van der Waals surface area contributed by atoms with Crippen molar-refractivity contribution < 1.29 is 9.47 Å². The predicted molar refractivity (Wildman–Crippen MR) is 95.2 cm³/mol. The van der Waals surface area contributed by atoms with E-state index >= 15 is 0 Å². The third kappa shape index (κ3) is 4.06. The molecule has 0 aliphatic carbocycles. The summed E-state index contributed by atoms with van der Waals surface area (Å²) in [7, 11) is 1.69. The largest absolute Gasteiger partial charge is 0.493 e. The average molecular weight is 326 g/mol. The van der Waals surface area contributed by atoms with Crippen molar-refractivity contribution in [1.82, 2.24) is 9.88 Å². The zero-order valence-electron chi connectivity index (χ0n) is 14.8. The Morgan fingerprint density at radius 2 is 1.96 bits per heavy atom. The molecule has 0 bridgehead atoms. The van der Waals surface area contributed by atoms with Crippen LogP contribution in [0, 0.1) is 5.41 Å². The van der Waals surface area contributed by atoms with E-state index < -0.39 is 0 Å². The summed E-state index contributed by atoms with van der Waals surface area (Å²) in [5.74, 6) is 1.64. The third-order valence-corrected chi connectivity index (χ3v) is 4.56. The van der Waals surface area contributed by atoms with Crippen LogP contribution in [0.3, 0.4) is 0 Å². The van der Waals surface area contributed by atoms with E-state index in [0.29, 0.717) is 12.0 Å². The lowest BCUT2D eigenvalue weighted by Gasteiger charge is -2.22. The Balaban J connectivity index is 1.76. The van der Waals surface area contributed by atoms with Gasteiger partial charge in [-0.05, 0) is 42.1 Å². The van der Waals surface area contributed by atoms with Crippen molar-refractivity contribution in [3.8, 4) is 11.5 Å². The molecule has 128 valence electrons. The highest BCUT2D eigenvalue weighted by Crippen LogP contribution is 2.35. The number of likely N-dealkylation sites (tertiary alicyclic amines) is 1. The summed E-state index contributed by atoms with van der Waals surface area (Å²) < 4.78 is 11.7. The van der Waals surface area contributed by atoms with Crippen molar-refractivity contribution in [3.63, 3.8) is 0 Å². The molecular formula is C20H26N2O2. The highest BCUT2D eigenvalue weighted by atomic mass is 16.5. The smallest absolute Gasteiger partial charge is 0.166 e. The minimum Gasteiger partial charge on any atom is -0.493 e. The molecule has 0 atom stereocenters. The van der Waals surface area contributed by atoms with E-state index in [9.17, 15) is 0 Å². The van der Waals surface area contributed by atoms with Crippen LogP contribution in [-0.2, 0) is 13.2 Å². The zero-order chi connectivity index (χ0) is 17.0. The topological polar surface area (TPSA) is 34.6 Å². The minimum atomic E-state index is 0.400. The van der Waals surface area contributed by atoms with E-state index in [1.165, 1.54) is 12.0 Å². The van der Waals surface area contributed by atoms with Gasteiger partial charge in [0.2, 0.25) is 0 Å². The van der Waals surface area contributed by atoms with Gasteiger partial charge in [0.1, 0.15) is 6.61 Å². The molecule has 1 aliphatic heterocycles. The van der Waals surface area contributed by atoms with Gasteiger partial charge < -0.3 is 9.47 Å². The van der Waals surface area contributed by atoms with Crippen LogP contribution in [0.4, 0.5) is 0 Å². The summed E-state index contributed by atoms with van der Waals surface area (Å²) in [5, 5.41) is 0. The Bertz CT molecular complexity index is 671. The normalized spacial score (nSPS) is 17.0. The van der Waals surface area contributed by atoms with Crippen molar-refractivity contribution >= 4 is 0 Å². The van der Waals surface area contributed by atoms with E-state index in [2.05, 4.69) is 29.8 Å². The molecule has 2 heterocycles. The fraction of sp³-hybridized carbons (Fsp3) is 0.450. The lowest BCUT2D eigenvalue weighted by molar-refractivity contribution is 0.258. The molecule has 3 rings (SSSR count). The first kappa shape index (κ1) is 16.8. The van der Waals surface area contributed by atoms with E-state index in [4.69, 9.17) is 9.47 Å². The SMILES string of the molecule is COc1cccc(CN2CCC(C)(C)C2)c1OCc1ccncc1. The lowest BCUT2D eigenvalue weighted by Crippen LogP contribution is -2.23. The van der Waals surface area contributed by atoms with Gasteiger partial charge in [-0.2, -0.15) is 0 Å². The molecule has 0 N–H and O–H groups in total. The molecule has 1 saturated heterocycles. The molecule has 4 nitrogen and oxygen atoms in total. The van der Waals surface area contributed by atoms with Crippen molar-refractivity contribution in [2.24, 2.45) is 5.41 Å². The van der Waals surface area contributed by atoms with Gasteiger partial charge in [0, 0.05) is 31.0 Å². The maximum absolute atomic E-state index is 6.13. The van der Waals surface area contributed by atoms with Gasteiger partial charge in [-0.3, -0.25) is 9.88 Å². The fourth-order valence-corrected chi connectivity index (χ4v) is 3.24. The van der Waals surface area contributed by atoms with Crippen LogP contribution >= 0.6 is 0 Å². The molecule has 0 amide bonds. The molecule has 1 fully saturated rings. The molecule has 1 aromatic heterocycles. The van der Waals surface area contributed by atoms with Gasteiger partial charge in [-0.1, -0.05) is 26.0 Å². The Morgan fingerprint density at radius 1 is 1.17 bits per heavy atom. The average Bonchev–Trinajstić information content (AvgIpc) is 2.93. The van der Waals surface area contributed by atoms with Crippen molar-refractivity contribution in [1.29, 1.82) is 0 Å². The molecule has 4 heteroatoms.